The van der Waals surface area contributed by atoms with E-state index in [-0.39, 0.29) is 0 Å². The number of aryl methyl sites for hydroxylation is 1. The van der Waals surface area contributed by atoms with Crippen LogP contribution in [0.2, 0.25) is 0 Å². The van der Waals surface area contributed by atoms with Crippen LogP contribution < -0.4 is 10.5 Å². The van der Waals surface area contributed by atoms with Gasteiger partial charge in [-0.1, -0.05) is 13.0 Å². The van der Waals surface area contributed by atoms with Crippen molar-refractivity contribution in [2.75, 3.05) is 7.11 Å². The van der Waals surface area contributed by atoms with Crippen molar-refractivity contribution in [2.45, 2.75) is 20.3 Å². The third-order valence-corrected chi connectivity index (χ3v) is 3.94. The fourth-order valence-electron chi connectivity index (χ4n) is 2.76. The van der Waals surface area contributed by atoms with Crippen LogP contribution in [-0.4, -0.2) is 17.9 Å². The van der Waals surface area contributed by atoms with E-state index in [0.717, 1.165) is 40.0 Å². The number of rotatable bonds is 4. The highest BCUT2D eigenvalue weighted by atomic mass is 16.5. The molecule has 0 bridgehead atoms. The minimum Gasteiger partial charge on any atom is -0.496 e. The first kappa shape index (κ1) is 16.0. The molecule has 2 aromatic carbocycles. The lowest BCUT2D eigenvalue weighted by molar-refractivity contribution is 0.410. The highest BCUT2D eigenvalue weighted by molar-refractivity contribution is 5.87. The van der Waals surface area contributed by atoms with E-state index >= 15 is 0 Å². The van der Waals surface area contributed by atoms with Gasteiger partial charge in [0.1, 0.15) is 5.75 Å². The summed E-state index contributed by atoms with van der Waals surface area (Å²) >= 11 is 0. The molecule has 0 saturated carbocycles. The van der Waals surface area contributed by atoms with Crippen molar-refractivity contribution in [2.24, 2.45) is 10.7 Å². The van der Waals surface area contributed by atoms with Gasteiger partial charge in [-0.15, -0.1) is 0 Å². The molecule has 2 N–H and O–H groups in total. The van der Waals surface area contributed by atoms with Crippen LogP contribution in [0.4, 0.5) is 5.69 Å². The fraction of sp³-hybridized carbons (Fsp3) is 0.200. The average Bonchev–Trinajstić information content (AvgIpc) is 2.60. The predicted molar refractivity (Wildman–Crippen MR) is 100 cm³/mol. The van der Waals surface area contributed by atoms with E-state index in [1.807, 2.05) is 36.4 Å². The smallest absolute Gasteiger partial charge is 0.122 e. The normalized spacial score (nSPS) is 11.7. The Morgan fingerprint density at radius 2 is 1.96 bits per heavy atom. The van der Waals surface area contributed by atoms with Gasteiger partial charge < -0.3 is 10.5 Å². The van der Waals surface area contributed by atoms with Crippen LogP contribution >= 0.6 is 0 Å². The highest BCUT2D eigenvalue weighted by Crippen LogP contribution is 2.28. The minimum atomic E-state index is 0.546. The van der Waals surface area contributed by atoms with Gasteiger partial charge >= 0.3 is 0 Å². The summed E-state index contributed by atoms with van der Waals surface area (Å²) in [4.78, 5) is 9.06. The monoisotopic (exact) mass is 319 g/mol. The Labute approximate surface area is 142 Å². The summed E-state index contributed by atoms with van der Waals surface area (Å²) in [5.74, 6) is 1.46. The van der Waals surface area contributed by atoms with E-state index in [4.69, 9.17) is 15.5 Å². The highest BCUT2D eigenvalue weighted by Gasteiger charge is 2.07. The van der Waals surface area contributed by atoms with E-state index in [1.165, 1.54) is 5.56 Å². The first-order chi connectivity index (χ1) is 11.6. The van der Waals surface area contributed by atoms with E-state index in [2.05, 4.69) is 24.0 Å². The fourth-order valence-corrected chi connectivity index (χ4v) is 2.76. The molecule has 0 amide bonds. The SMILES string of the molecule is CCc1cc(-c2ccc3cc(N=C(C)N)ccc3n2)ccc1OC. The maximum absolute atomic E-state index is 5.64. The molecule has 0 saturated heterocycles. The van der Waals surface area contributed by atoms with Crippen molar-refractivity contribution in [3.8, 4) is 17.0 Å². The topological polar surface area (TPSA) is 60.5 Å². The zero-order chi connectivity index (χ0) is 17.1. The van der Waals surface area contributed by atoms with Crippen LogP contribution in [0.1, 0.15) is 19.4 Å². The lowest BCUT2D eigenvalue weighted by atomic mass is 10.0. The number of ether oxygens (including phenoxy) is 1. The van der Waals surface area contributed by atoms with Crippen LogP contribution in [-0.2, 0) is 6.42 Å². The first-order valence-electron chi connectivity index (χ1n) is 7.99. The maximum atomic E-state index is 5.64. The van der Waals surface area contributed by atoms with Gasteiger partial charge in [-0.25, -0.2) is 9.98 Å². The molecule has 1 aromatic heterocycles. The Balaban J connectivity index is 2.03. The Morgan fingerprint density at radius 1 is 1.12 bits per heavy atom. The molecule has 1 heterocycles. The van der Waals surface area contributed by atoms with Crippen molar-refractivity contribution in [3.05, 3.63) is 54.1 Å². The second-order valence-electron chi connectivity index (χ2n) is 5.71. The molecule has 0 spiro atoms. The Morgan fingerprint density at radius 3 is 2.67 bits per heavy atom. The van der Waals surface area contributed by atoms with Crippen LogP contribution in [0.15, 0.2) is 53.5 Å². The van der Waals surface area contributed by atoms with Gasteiger partial charge in [0.15, 0.2) is 0 Å². The molecule has 24 heavy (non-hydrogen) atoms. The molecular formula is C20H21N3O. The zero-order valence-electron chi connectivity index (χ0n) is 14.2. The molecule has 4 nitrogen and oxygen atoms in total. The third-order valence-electron chi connectivity index (χ3n) is 3.94. The summed E-state index contributed by atoms with van der Waals surface area (Å²) in [6.45, 7) is 3.90. The summed E-state index contributed by atoms with van der Waals surface area (Å²) in [6, 6.07) is 16.2. The van der Waals surface area contributed by atoms with Crippen molar-refractivity contribution in [3.63, 3.8) is 0 Å². The maximum Gasteiger partial charge on any atom is 0.122 e. The summed E-state index contributed by atoms with van der Waals surface area (Å²) in [5, 5.41) is 1.05. The average molecular weight is 319 g/mol. The molecule has 3 aromatic rings. The van der Waals surface area contributed by atoms with Crippen molar-refractivity contribution < 1.29 is 4.74 Å². The Bertz CT molecular complexity index is 912. The number of aromatic nitrogens is 1. The van der Waals surface area contributed by atoms with Gasteiger partial charge in [-0.05, 0) is 61.4 Å². The lowest BCUT2D eigenvalue weighted by Gasteiger charge is -2.10. The molecule has 0 aliphatic carbocycles. The van der Waals surface area contributed by atoms with Gasteiger partial charge in [0, 0.05) is 10.9 Å². The third kappa shape index (κ3) is 3.23. The number of aliphatic imine (C=N–C) groups is 1. The number of nitrogens with two attached hydrogens (primary N) is 1. The molecule has 0 aliphatic heterocycles. The van der Waals surface area contributed by atoms with Crippen LogP contribution in [0.25, 0.3) is 22.2 Å². The van der Waals surface area contributed by atoms with Gasteiger partial charge in [0.25, 0.3) is 0 Å². The van der Waals surface area contributed by atoms with E-state index in [0.29, 0.717) is 5.84 Å². The summed E-state index contributed by atoms with van der Waals surface area (Å²) in [5.41, 5.74) is 10.6. The number of fused-ring (bicyclic) bond motifs is 1. The van der Waals surface area contributed by atoms with Gasteiger partial charge in [0.2, 0.25) is 0 Å². The molecule has 0 radical (unpaired) electrons. The lowest BCUT2D eigenvalue weighted by Crippen LogP contribution is -2.03. The molecule has 122 valence electrons. The van der Waals surface area contributed by atoms with Crippen LogP contribution in [0.5, 0.6) is 5.75 Å². The number of pyridine rings is 1. The molecule has 4 heteroatoms. The molecule has 0 unspecified atom stereocenters. The van der Waals surface area contributed by atoms with Crippen LogP contribution in [0.3, 0.4) is 0 Å². The van der Waals surface area contributed by atoms with Gasteiger partial charge in [-0.2, -0.15) is 0 Å². The van der Waals surface area contributed by atoms with Gasteiger partial charge in [-0.3, -0.25) is 0 Å². The van der Waals surface area contributed by atoms with Crippen LogP contribution in [0, 0.1) is 0 Å². The standard InChI is InChI=1S/C20H21N3O/c1-4-14-11-15(6-10-20(14)24-3)18-8-5-16-12-17(22-13(2)21)7-9-19(16)23-18/h5-12H,4H2,1-3H3,(H2,21,22). The Hall–Kier alpha value is -2.88. The number of amidine groups is 1. The number of nitrogens with zero attached hydrogens (tertiary/aromatic N) is 2. The molecule has 0 aliphatic rings. The molecule has 0 atom stereocenters. The summed E-state index contributed by atoms with van der Waals surface area (Å²) in [6.07, 6.45) is 0.921. The molecule has 3 rings (SSSR count). The second-order valence-corrected chi connectivity index (χ2v) is 5.71. The van der Waals surface area contributed by atoms with Crippen molar-refractivity contribution in [1.29, 1.82) is 0 Å². The molecule has 0 fully saturated rings. The number of methoxy groups -OCH3 is 1. The zero-order valence-corrected chi connectivity index (χ0v) is 14.2. The minimum absolute atomic E-state index is 0.546. The number of hydrogen-bond donors (Lipinski definition) is 1. The van der Waals surface area contributed by atoms with Gasteiger partial charge in [0.05, 0.1) is 29.8 Å². The quantitative estimate of drug-likeness (QED) is 0.569. The Kier molecular flexibility index (Phi) is 4.47. The number of hydrogen-bond acceptors (Lipinski definition) is 3. The predicted octanol–water partition coefficient (Wildman–Crippen LogP) is 4.48. The largest absolute Gasteiger partial charge is 0.496 e. The van der Waals surface area contributed by atoms with Crippen molar-refractivity contribution in [1.82, 2.24) is 4.98 Å². The summed E-state index contributed by atoms with van der Waals surface area (Å²) in [7, 11) is 1.70. The summed E-state index contributed by atoms with van der Waals surface area (Å²) < 4.78 is 5.40. The second kappa shape index (κ2) is 6.71. The van der Waals surface area contributed by atoms with E-state index < -0.39 is 0 Å². The van der Waals surface area contributed by atoms with Crippen molar-refractivity contribution >= 4 is 22.4 Å². The van der Waals surface area contributed by atoms with E-state index in [1.54, 1.807) is 14.0 Å². The molecular weight excluding hydrogens is 298 g/mol. The first-order valence-corrected chi connectivity index (χ1v) is 7.99. The van der Waals surface area contributed by atoms with E-state index in [9.17, 15) is 0 Å². The number of benzene rings is 2.